The summed E-state index contributed by atoms with van der Waals surface area (Å²) >= 11 is 0. The molecule has 1 saturated heterocycles. The second kappa shape index (κ2) is 7.17. The first-order valence-electron chi connectivity index (χ1n) is 7.35. The molecule has 1 fully saturated rings. The van der Waals surface area contributed by atoms with E-state index in [1.165, 1.54) is 44.1 Å². The summed E-state index contributed by atoms with van der Waals surface area (Å²) in [6.45, 7) is 0.885. The molecule has 0 aromatic heterocycles. The number of hydrogen-bond donors (Lipinski definition) is 1. The fraction of sp³-hybridized carbons (Fsp3) is 0.867. The molecule has 17 heavy (non-hydrogen) atoms. The highest BCUT2D eigenvalue weighted by Crippen LogP contribution is 2.24. The van der Waals surface area contributed by atoms with Gasteiger partial charge >= 0.3 is 0 Å². The summed E-state index contributed by atoms with van der Waals surface area (Å²) in [6, 6.07) is 0. The highest BCUT2D eigenvalue weighted by atomic mass is 16.5. The Morgan fingerprint density at radius 2 is 2.06 bits per heavy atom. The third kappa shape index (κ3) is 4.44. The Morgan fingerprint density at radius 1 is 1.18 bits per heavy atom. The molecule has 0 radical (unpaired) electrons. The minimum absolute atomic E-state index is 0.254. The number of allylic oxidation sites excluding steroid dienone is 1. The largest absolute Gasteiger partial charge is 0.389 e. The Bertz CT molecular complexity index is 241. The summed E-state index contributed by atoms with van der Waals surface area (Å²) in [4.78, 5) is 0. The Hall–Kier alpha value is -0.340. The van der Waals surface area contributed by atoms with E-state index in [0.29, 0.717) is 6.10 Å². The van der Waals surface area contributed by atoms with Crippen LogP contribution in [0.25, 0.3) is 0 Å². The molecule has 2 heteroatoms. The van der Waals surface area contributed by atoms with Gasteiger partial charge in [-0.15, -0.1) is 0 Å². The van der Waals surface area contributed by atoms with Crippen LogP contribution in [-0.2, 0) is 4.74 Å². The molecule has 2 nitrogen and oxygen atoms in total. The molecule has 2 rings (SSSR count). The number of aliphatic hydroxyl groups is 1. The predicted octanol–water partition coefficient (Wildman–Crippen LogP) is 3.59. The summed E-state index contributed by atoms with van der Waals surface area (Å²) in [5.74, 6) is 0. The summed E-state index contributed by atoms with van der Waals surface area (Å²) in [5.41, 5.74) is 1.28. The number of rotatable bonds is 3. The fourth-order valence-electron chi connectivity index (χ4n) is 2.91. The van der Waals surface area contributed by atoms with E-state index in [1.54, 1.807) is 0 Å². The molecule has 1 heterocycles. The number of ether oxygens (including phenoxy) is 1. The average molecular weight is 238 g/mol. The van der Waals surface area contributed by atoms with Crippen molar-refractivity contribution in [3.05, 3.63) is 11.6 Å². The number of aliphatic hydroxyl groups excluding tert-OH is 1. The molecule has 0 amide bonds. The maximum Gasteiger partial charge on any atom is 0.0774 e. The van der Waals surface area contributed by atoms with Crippen molar-refractivity contribution in [3.63, 3.8) is 0 Å². The van der Waals surface area contributed by atoms with Crippen molar-refractivity contribution in [3.8, 4) is 0 Å². The highest BCUT2D eigenvalue weighted by molar-refractivity contribution is 5.09. The maximum absolute atomic E-state index is 10.3. The molecule has 1 aliphatic carbocycles. The third-order valence-electron chi connectivity index (χ3n) is 4.01. The van der Waals surface area contributed by atoms with Crippen molar-refractivity contribution >= 4 is 0 Å². The zero-order chi connectivity index (χ0) is 11.9. The van der Waals surface area contributed by atoms with Gasteiger partial charge in [0.1, 0.15) is 0 Å². The molecule has 0 aromatic carbocycles. The van der Waals surface area contributed by atoms with Gasteiger partial charge in [0.15, 0.2) is 0 Å². The van der Waals surface area contributed by atoms with E-state index in [1.807, 2.05) is 0 Å². The first-order valence-corrected chi connectivity index (χ1v) is 7.35. The van der Waals surface area contributed by atoms with Crippen LogP contribution in [0.1, 0.15) is 64.2 Å². The molecule has 0 spiro atoms. The zero-order valence-corrected chi connectivity index (χ0v) is 10.9. The van der Waals surface area contributed by atoms with Crippen LogP contribution in [0.4, 0.5) is 0 Å². The topological polar surface area (TPSA) is 29.5 Å². The fourth-order valence-corrected chi connectivity index (χ4v) is 2.91. The molecule has 2 unspecified atom stereocenters. The lowest BCUT2D eigenvalue weighted by Crippen LogP contribution is -2.25. The van der Waals surface area contributed by atoms with E-state index >= 15 is 0 Å². The summed E-state index contributed by atoms with van der Waals surface area (Å²) < 4.78 is 5.71. The van der Waals surface area contributed by atoms with Gasteiger partial charge in [-0.2, -0.15) is 0 Å². The van der Waals surface area contributed by atoms with Crippen LogP contribution in [0.5, 0.6) is 0 Å². The van der Waals surface area contributed by atoms with Crippen molar-refractivity contribution in [2.75, 3.05) is 6.61 Å². The van der Waals surface area contributed by atoms with Gasteiger partial charge in [-0.05, 0) is 50.5 Å². The van der Waals surface area contributed by atoms with Crippen LogP contribution in [-0.4, -0.2) is 23.9 Å². The van der Waals surface area contributed by atoms with Crippen LogP contribution in [0.3, 0.4) is 0 Å². The lowest BCUT2D eigenvalue weighted by molar-refractivity contribution is -0.00945. The van der Waals surface area contributed by atoms with E-state index in [-0.39, 0.29) is 6.10 Å². The van der Waals surface area contributed by atoms with E-state index in [2.05, 4.69) is 6.08 Å². The van der Waals surface area contributed by atoms with Gasteiger partial charge in [-0.3, -0.25) is 0 Å². The predicted molar refractivity (Wildman–Crippen MR) is 70.0 cm³/mol. The molecular formula is C15H26O2. The van der Waals surface area contributed by atoms with Crippen LogP contribution in [0.15, 0.2) is 11.6 Å². The van der Waals surface area contributed by atoms with Crippen LogP contribution in [0, 0.1) is 0 Å². The lowest BCUT2D eigenvalue weighted by atomic mass is 9.92. The quantitative estimate of drug-likeness (QED) is 0.761. The molecule has 2 aliphatic rings. The van der Waals surface area contributed by atoms with Gasteiger partial charge in [-0.1, -0.05) is 18.9 Å². The monoisotopic (exact) mass is 238 g/mol. The zero-order valence-electron chi connectivity index (χ0n) is 10.9. The standard InChI is InChI=1S/C15H26O2/c16-15(12-14-10-6-7-11-17-14)13-8-4-2-1-3-5-9-13/h8,14-16H,1-7,9-12H2. The van der Waals surface area contributed by atoms with E-state index in [4.69, 9.17) is 4.74 Å². The first kappa shape index (κ1) is 13.1. The second-order valence-corrected chi connectivity index (χ2v) is 5.47. The first-order chi connectivity index (χ1) is 8.36. The number of hydrogen-bond acceptors (Lipinski definition) is 2. The molecular weight excluding hydrogens is 212 g/mol. The van der Waals surface area contributed by atoms with Gasteiger partial charge in [0.05, 0.1) is 12.2 Å². The van der Waals surface area contributed by atoms with Crippen molar-refractivity contribution in [2.24, 2.45) is 0 Å². The molecule has 2 atom stereocenters. The van der Waals surface area contributed by atoms with Crippen LogP contribution < -0.4 is 0 Å². The molecule has 0 bridgehead atoms. The lowest BCUT2D eigenvalue weighted by Gasteiger charge is -2.26. The SMILES string of the molecule is OC(CC1CCCCO1)C1=CCCCCCC1. The van der Waals surface area contributed by atoms with E-state index in [0.717, 1.165) is 32.3 Å². The minimum atomic E-state index is -0.254. The van der Waals surface area contributed by atoms with Crippen molar-refractivity contribution < 1.29 is 9.84 Å². The van der Waals surface area contributed by atoms with Crippen LogP contribution >= 0.6 is 0 Å². The van der Waals surface area contributed by atoms with Crippen LogP contribution in [0.2, 0.25) is 0 Å². The Balaban J connectivity index is 1.81. The second-order valence-electron chi connectivity index (χ2n) is 5.47. The summed E-state index contributed by atoms with van der Waals surface area (Å²) in [6.07, 6.45) is 14.2. The summed E-state index contributed by atoms with van der Waals surface area (Å²) in [5, 5.41) is 10.3. The van der Waals surface area contributed by atoms with Crippen molar-refractivity contribution in [1.29, 1.82) is 0 Å². The molecule has 1 aliphatic heterocycles. The Labute approximate surface area is 105 Å². The maximum atomic E-state index is 10.3. The molecule has 0 saturated carbocycles. The summed E-state index contributed by atoms with van der Waals surface area (Å²) in [7, 11) is 0. The van der Waals surface area contributed by atoms with E-state index < -0.39 is 0 Å². The Morgan fingerprint density at radius 3 is 2.88 bits per heavy atom. The highest BCUT2D eigenvalue weighted by Gasteiger charge is 2.20. The van der Waals surface area contributed by atoms with Crippen molar-refractivity contribution in [2.45, 2.75) is 76.4 Å². The van der Waals surface area contributed by atoms with Gasteiger partial charge in [0.25, 0.3) is 0 Å². The molecule has 98 valence electrons. The average Bonchev–Trinajstić information content (AvgIpc) is 2.29. The van der Waals surface area contributed by atoms with E-state index in [9.17, 15) is 5.11 Å². The minimum Gasteiger partial charge on any atom is -0.389 e. The normalized spacial score (nSPS) is 29.0. The van der Waals surface area contributed by atoms with Crippen molar-refractivity contribution in [1.82, 2.24) is 0 Å². The third-order valence-corrected chi connectivity index (χ3v) is 4.01. The molecule has 1 N–H and O–H groups in total. The smallest absolute Gasteiger partial charge is 0.0774 e. The van der Waals surface area contributed by atoms with Gasteiger partial charge in [-0.25, -0.2) is 0 Å². The van der Waals surface area contributed by atoms with Gasteiger partial charge < -0.3 is 9.84 Å². The van der Waals surface area contributed by atoms with Gasteiger partial charge in [0, 0.05) is 13.0 Å². The Kier molecular flexibility index (Phi) is 5.53. The van der Waals surface area contributed by atoms with Gasteiger partial charge in [0.2, 0.25) is 0 Å². The molecule has 0 aromatic rings.